The van der Waals surface area contributed by atoms with Gasteiger partial charge in [0, 0.05) is 5.56 Å². The summed E-state index contributed by atoms with van der Waals surface area (Å²) >= 11 is 6.49. The van der Waals surface area contributed by atoms with Crippen LogP contribution < -0.4 is 0 Å². The first kappa shape index (κ1) is 14.3. The fraction of sp³-hybridized carbons (Fsp3) is 0.647. The first-order chi connectivity index (χ1) is 9.65. The van der Waals surface area contributed by atoms with Crippen molar-refractivity contribution in [2.24, 2.45) is 17.8 Å². The summed E-state index contributed by atoms with van der Waals surface area (Å²) in [4.78, 5) is 0. The Morgan fingerprint density at radius 3 is 2.55 bits per heavy atom. The first-order valence-electron chi connectivity index (χ1n) is 7.74. The molecule has 2 aliphatic rings. The van der Waals surface area contributed by atoms with Crippen molar-refractivity contribution in [2.75, 3.05) is 0 Å². The van der Waals surface area contributed by atoms with Gasteiger partial charge >= 0.3 is 0 Å². The molecule has 0 amide bonds. The number of halogens is 3. The molecule has 0 heterocycles. The van der Waals surface area contributed by atoms with Gasteiger partial charge in [-0.1, -0.05) is 25.7 Å². The summed E-state index contributed by atoms with van der Waals surface area (Å²) in [5.74, 6) is 1.10. The fourth-order valence-electron chi connectivity index (χ4n) is 4.16. The summed E-state index contributed by atoms with van der Waals surface area (Å²) in [6.07, 6.45) is 8.63. The molecule has 2 fully saturated rings. The molecule has 0 saturated heterocycles. The zero-order chi connectivity index (χ0) is 14.1. The lowest BCUT2D eigenvalue weighted by Gasteiger charge is -2.40. The summed E-state index contributed by atoms with van der Waals surface area (Å²) < 4.78 is 27.2. The molecular weight excluding hydrogens is 278 g/mol. The highest BCUT2D eigenvalue weighted by Crippen LogP contribution is 2.48. The zero-order valence-corrected chi connectivity index (χ0v) is 12.4. The Morgan fingerprint density at radius 2 is 1.75 bits per heavy atom. The molecule has 3 heteroatoms. The molecule has 0 radical (unpaired) electrons. The third-order valence-corrected chi connectivity index (χ3v) is 5.84. The van der Waals surface area contributed by atoms with Gasteiger partial charge in [0.05, 0.1) is 5.38 Å². The van der Waals surface area contributed by atoms with Crippen LogP contribution in [0.2, 0.25) is 0 Å². The van der Waals surface area contributed by atoms with Crippen molar-refractivity contribution in [1.82, 2.24) is 0 Å². The van der Waals surface area contributed by atoms with Crippen LogP contribution in [-0.2, 0) is 0 Å². The molecule has 0 bridgehead atoms. The fourth-order valence-corrected chi connectivity index (χ4v) is 4.55. The van der Waals surface area contributed by atoms with Crippen molar-refractivity contribution in [1.29, 1.82) is 0 Å². The van der Waals surface area contributed by atoms with E-state index in [9.17, 15) is 8.78 Å². The maximum absolute atomic E-state index is 13.9. The molecular formula is C17H21ClF2. The van der Waals surface area contributed by atoms with Gasteiger partial charge < -0.3 is 0 Å². The molecule has 20 heavy (non-hydrogen) atoms. The zero-order valence-electron chi connectivity index (χ0n) is 11.6. The van der Waals surface area contributed by atoms with E-state index in [4.69, 9.17) is 11.6 Å². The van der Waals surface area contributed by atoms with E-state index >= 15 is 0 Å². The van der Waals surface area contributed by atoms with E-state index in [1.54, 1.807) is 0 Å². The molecule has 110 valence electrons. The van der Waals surface area contributed by atoms with E-state index in [1.807, 2.05) is 0 Å². The highest BCUT2D eigenvalue weighted by molar-refractivity contribution is 6.21. The molecule has 0 aromatic heterocycles. The lowest BCUT2D eigenvalue weighted by molar-refractivity contribution is 0.127. The van der Waals surface area contributed by atoms with Crippen molar-refractivity contribution in [3.63, 3.8) is 0 Å². The third kappa shape index (κ3) is 2.86. The predicted molar refractivity (Wildman–Crippen MR) is 77.7 cm³/mol. The second-order valence-corrected chi connectivity index (χ2v) is 6.92. The topological polar surface area (TPSA) is 0 Å². The average molecular weight is 299 g/mol. The average Bonchev–Trinajstić information content (AvgIpc) is 2.48. The van der Waals surface area contributed by atoms with Crippen molar-refractivity contribution in [3.05, 3.63) is 35.4 Å². The number of rotatable bonds is 2. The van der Waals surface area contributed by atoms with Crippen LogP contribution in [0.1, 0.15) is 55.9 Å². The van der Waals surface area contributed by atoms with Gasteiger partial charge in [-0.15, -0.1) is 11.6 Å². The van der Waals surface area contributed by atoms with Crippen molar-refractivity contribution in [3.8, 4) is 0 Å². The van der Waals surface area contributed by atoms with E-state index in [-0.39, 0.29) is 11.7 Å². The number of alkyl halides is 1. The summed E-state index contributed by atoms with van der Waals surface area (Å²) in [6.45, 7) is 0. The normalized spacial score (nSPS) is 31.6. The molecule has 0 N–H and O–H groups in total. The number of benzene rings is 1. The molecule has 4 atom stereocenters. The minimum Gasteiger partial charge on any atom is -0.207 e. The van der Waals surface area contributed by atoms with Gasteiger partial charge in [-0.25, -0.2) is 8.78 Å². The largest absolute Gasteiger partial charge is 0.207 e. The van der Waals surface area contributed by atoms with Crippen LogP contribution in [0.5, 0.6) is 0 Å². The SMILES string of the molecule is Fc1ccc(F)c(C(Cl)C2CCC3CCCCC3C2)c1. The first-order valence-corrected chi connectivity index (χ1v) is 8.18. The standard InChI is InChI=1S/C17H21ClF2/c18-17(15-10-14(19)7-8-16(15)20)13-6-5-11-3-1-2-4-12(11)9-13/h7-8,10-13,17H,1-6,9H2. The molecule has 3 rings (SSSR count). The van der Waals surface area contributed by atoms with Crippen LogP contribution in [0.4, 0.5) is 8.78 Å². The Morgan fingerprint density at radius 1 is 1.00 bits per heavy atom. The smallest absolute Gasteiger partial charge is 0.128 e. The minimum absolute atomic E-state index is 0.285. The van der Waals surface area contributed by atoms with Crippen LogP contribution in [0.15, 0.2) is 18.2 Å². The van der Waals surface area contributed by atoms with E-state index in [0.717, 1.165) is 30.7 Å². The quantitative estimate of drug-likeness (QED) is 0.601. The molecule has 2 aliphatic carbocycles. The van der Waals surface area contributed by atoms with Gasteiger partial charge in [0.1, 0.15) is 11.6 Å². The molecule has 0 spiro atoms. The molecule has 2 saturated carbocycles. The van der Waals surface area contributed by atoms with Gasteiger partial charge in [0.2, 0.25) is 0 Å². The highest BCUT2D eigenvalue weighted by Gasteiger charge is 2.36. The van der Waals surface area contributed by atoms with Gasteiger partial charge in [0.25, 0.3) is 0 Å². The number of hydrogen-bond acceptors (Lipinski definition) is 0. The Kier molecular flexibility index (Phi) is 4.30. The maximum atomic E-state index is 13.9. The molecule has 1 aromatic carbocycles. The Hall–Kier alpha value is -0.630. The second-order valence-electron chi connectivity index (χ2n) is 6.45. The van der Waals surface area contributed by atoms with E-state index in [1.165, 1.54) is 44.2 Å². The monoisotopic (exact) mass is 298 g/mol. The minimum atomic E-state index is -0.404. The molecule has 1 aromatic rings. The summed E-state index contributed by atoms with van der Waals surface area (Å²) in [7, 11) is 0. The van der Waals surface area contributed by atoms with Crippen molar-refractivity contribution >= 4 is 11.6 Å². The van der Waals surface area contributed by atoms with Crippen molar-refractivity contribution in [2.45, 2.75) is 50.3 Å². The van der Waals surface area contributed by atoms with Crippen molar-refractivity contribution < 1.29 is 8.78 Å². The Balaban J connectivity index is 1.74. The van der Waals surface area contributed by atoms with E-state index < -0.39 is 11.2 Å². The van der Waals surface area contributed by atoms with Crippen LogP contribution in [-0.4, -0.2) is 0 Å². The molecule has 0 aliphatic heterocycles. The van der Waals surface area contributed by atoms with Crippen LogP contribution in [0, 0.1) is 29.4 Å². The van der Waals surface area contributed by atoms with Gasteiger partial charge in [0.15, 0.2) is 0 Å². The van der Waals surface area contributed by atoms with Crippen LogP contribution in [0.25, 0.3) is 0 Å². The summed E-state index contributed by atoms with van der Waals surface area (Å²) in [5.41, 5.74) is 0.339. The van der Waals surface area contributed by atoms with Gasteiger partial charge in [-0.3, -0.25) is 0 Å². The number of fused-ring (bicyclic) bond motifs is 1. The Labute approximate surface area is 124 Å². The second kappa shape index (κ2) is 6.01. The summed E-state index contributed by atoms with van der Waals surface area (Å²) in [6, 6.07) is 3.60. The van der Waals surface area contributed by atoms with Crippen LogP contribution >= 0.6 is 11.6 Å². The molecule has 0 nitrogen and oxygen atoms in total. The Bertz CT molecular complexity index is 474. The van der Waals surface area contributed by atoms with E-state index in [2.05, 4.69) is 0 Å². The lowest BCUT2D eigenvalue weighted by Crippen LogP contribution is -2.29. The van der Waals surface area contributed by atoms with E-state index in [0.29, 0.717) is 5.56 Å². The predicted octanol–water partition coefficient (Wildman–Crippen LogP) is 5.85. The maximum Gasteiger partial charge on any atom is 0.128 e. The lowest BCUT2D eigenvalue weighted by atomic mass is 9.66. The van der Waals surface area contributed by atoms with Gasteiger partial charge in [-0.2, -0.15) is 0 Å². The van der Waals surface area contributed by atoms with Gasteiger partial charge in [-0.05, 0) is 55.2 Å². The third-order valence-electron chi connectivity index (χ3n) is 5.25. The highest BCUT2D eigenvalue weighted by atomic mass is 35.5. The summed E-state index contributed by atoms with van der Waals surface area (Å²) in [5, 5.41) is -0.395. The molecule has 4 unspecified atom stereocenters. The number of hydrogen-bond donors (Lipinski definition) is 0. The van der Waals surface area contributed by atoms with Crippen LogP contribution in [0.3, 0.4) is 0 Å².